The summed E-state index contributed by atoms with van der Waals surface area (Å²) in [6.07, 6.45) is 6.53. The van der Waals surface area contributed by atoms with Crippen LogP contribution in [0.15, 0.2) is 24.3 Å². The van der Waals surface area contributed by atoms with Crippen molar-refractivity contribution < 1.29 is 4.79 Å². The molecule has 1 rings (SSSR count). The van der Waals surface area contributed by atoms with Crippen LogP contribution in [-0.2, 0) is 11.2 Å². The minimum Gasteiger partial charge on any atom is -0.331 e. The zero-order valence-electron chi connectivity index (χ0n) is 9.95. The number of terminal acetylenes is 1. The summed E-state index contributed by atoms with van der Waals surface area (Å²) < 4.78 is 0. The number of nitrogens with zero attached hydrogens (tertiary/aromatic N) is 1. The van der Waals surface area contributed by atoms with Crippen molar-refractivity contribution in [3.05, 3.63) is 34.9 Å². The van der Waals surface area contributed by atoms with Crippen molar-refractivity contribution in [1.82, 2.24) is 4.90 Å². The molecule has 90 valence electrons. The highest BCUT2D eigenvalue weighted by Gasteiger charge is 2.11. The van der Waals surface area contributed by atoms with Crippen molar-refractivity contribution in [3.63, 3.8) is 0 Å². The van der Waals surface area contributed by atoms with Crippen LogP contribution in [0.3, 0.4) is 0 Å². The average Bonchev–Trinajstić information content (AvgIpc) is 2.32. The van der Waals surface area contributed by atoms with Crippen LogP contribution < -0.4 is 0 Å². The fourth-order valence-corrected chi connectivity index (χ4v) is 1.69. The quantitative estimate of drug-likeness (QED) is 0.735. The third-order valence-corrected chi connectivity index (χ3v) is 2.65. The number of halogens is 1. The van der Waals surface area contributed by atoms with Gasteiger partial charge < -0.3 is 4.90 Å². The van der Waals surface area contributed by atoms with Crippen molar-refractivity contribution in [1.29, 1.82) is 0 Å². The molecule has 0 unspecified atom stereocenters. The molecule has 0 atom stereocenters. The molecule has 0 saturated heterocycles. The summed E-state index contributed by atoms with van der Waals surface area (Å²) in [6.45, 7) is 3.11. The smallest absolute Gasteiger partial charge is 0.227 e. The summed E-state index contributed by atoms with van der Waals surface area (Å²) in [5.74, 6) is 2.57. The van der Waals surface area contributed by atoms with Crippen LogP contribution in [0.4, 0.5) is 0 Å². The fourth-order valence-electron chi connectivity index (χ4n) is 1.56. The summed E-state index contributed by atoms with van der Waals surface area (Å²) in [5, 5.41) is 0.676. The topological polar surface area (TPSA) is 20.3 Å². The van der Waals surface area contributed by atoms with Gasteiger partial charge in [0, 0.05) is 11.6 Å². The van der Waals surface area contributed by atoms with E-state index in [1.807, 2.05) is 19.1 Å². The largest absolute Gasteiger partial charge is 0.331 e. The summed E-state index contributed by atoms with van der Waals surface area (Å²) in [5.41, 5.74) is 0.956. The van der Waals surface area contributed by atoms with Gasteiger partial charge in [-0.3, -0.25) is 4.79 Å². The monoisotopic (exact) mass is 249 g/mol. The van der Waals surface area contributed by atoms with E-state index >= 15 is 0 Å². The van der Waals surface area contributed by atoms with Crippen molar-refractivity contribution in [2.75, 3.05) is 13.1 Å². The molecule has 0 bridgehead atoms. The van der Waals surface area contributed by atoms with E-state index in [-0.39, 0.29) is 5.91 Å². The van der Waals surface area contributed by atoms with Crippen molar-refractivity contribution in [2.45, 2.75) is 19.8 Å². The summed E-state index contributed by atoms with van der Waals surface area (Å²) in [6, 6.07) is 7.30. The maximum Gasteiger partial charge on any atom is 0.227 e. The number of rotatable bonds is 5. The van der Waals surface area contributed by atoms with Gasteiger partial charge in [-0.25, -0.2) is 0 Å². The molecule has 0 aliphatic heterocycles. The Kier molecular flexibility index (Phi) is 5.59. The molecule has 0 aromatic heterocycles. The van der Waals surface area contributed by atoms with Gasteiger partial charge in [0.25, 0.3) is 0 Å². The standard InChI is InChI=1S/C14H16ClNO/c1-3-9-16(10-4-2)14(17)11-12-5-7-13(15)8-6-12/h1,5-8H,4,9-11H2,2H3. The number of hydrogen-bond donors (Lipinski definition) is 0. The Labute approximate surface area is 108 Å². The fraction of sp³-hybridized carbons (Fsp3) is 0.357. The number of benzene rings is 1. The van der Waals surface area contributed by atoms with Crippen molar-refractivity contribution >= 4 is 17.5 Å². The lowest BCUT2D eigenvalue weighted by molar-refractivity contribution is -0.129. The normalized spacial score (nSPS) is 9.71. The lowest BCUT2D eigenvalue weighted by Gasteiger charge is -2.19. The van der Waals surface area contributed by atoms with Gasteiger partial charge in [-0.2, -0.15) is 0 Å². The van der Waals surface area contributed by atoms with Crippen LogP contribution >= 0.6 is 11.6 Å². The molecule has 17 heavy (non-hydrogen) atoms. The van der Waals surface area contributed by atoms with Gasteiger partial charge in [0.1, 0.15) is 0 Å². The Morgan fingerprint density at radius 2 is 2.06 bits per heavy atom. The number of carbonyl (C=O) groups excluding carboxylic acids is 1. The first-order valence-electron chi connectivity index (χ1n) is 5.63. The predicted molar refractivity (Wildman–Crippen MR) is 70.9 cm³/mol. The van der Waals surface area contributed by atoms with E-state index in [9.17, 15) is 4.79 Å². The third-order valence-electron chi connectivity index (χ3n) is 2.40. The Balaban J connectivity index is 2.63. The van der Waals surface area contributed by atoms with Crippen LogP contribution in [0.25, 0.3) is 0 Å². The van der Waals surface area contributed by atoms with Crippen LogP contribution in [0.2, 0.25) is 5.02 Å². The van der Waals surface area contributed by atoms with E-state index < -0.39 is 0 Å². The van der Waals surface area contributed by atoms with Gasteiger partial charge in [0.05, 0.1) is 13.0 Å². The molecule has 0 heterocycles. The molecule has 0 aliphatic carbocycles. The average molecular weight is 250 g/mol. The molecular formula is C14H16ClNO. The molecule has 2 nitrogen and oxygen atoms in total. The lowest BCUT2D eigenvalue weighted by Crippen LogP contribution is -2.33. The Morgan fingerprint density at radius 1 is 1.41 bits per heavy atom. The third kappa shape index (κ3) is 4.50. The van der Waals surface area contributed by atoms with E-state index in [0.717, 1.165) is 12.0 Å². The van der Waals surface area contributed by atoms with Gasteiger partial charge in [-0.05, 0) is 24.1 Å². The second kappa shape index (κ2) is 6.98. The van der Waals surface area contributed by atoms with Gasteiger partial charge in [-0.1, -0.05) is 36.6 Å². The number of amides is 1. The second-order valence-corrected chi connectivity index (χ2v) is 4.26. The first-order valence-corrected chi connectivity index (χ1v) is 6.00. The van der Waals surface area contributed by atoms with E-state index in [2.05, 4.69) is 5.92 Å². The highest BCUT2D eigenvalue weighted by Crippen LogP contribution is 2.10. The molecule has 0 fully saturated rings. The molecule has 0 spiro atoms. The van der Waals surface area contributed by atoms with Crippen LogP contribution in [0.5, 0.6) is 0 Å². The first kappa shape index (κ1) is 13.6. The second-order valence-electron chi connectivity index (χ2n) is 3.82. The predicted octanol–water partition coefficient (Wildman–Crippen LogP) is 2.75. The van der Waals surface area contributed by atoms with Crippen LogP contribution in [0.1, 0.15) is 18.9 Å². The van der Waals surface area contributed by atoms with E-state index in [1.54, 1.807) is 17.0 Å². The molecule has 0 saturated carbocycles. The van der Waals surface area contributed by atoms with E-state index in [4.69, 9.17) is 18.0 Å². The zero-order chi connectivity index (χ0) is 12.7. The molecule has 1 aromatic rings. The Hall–Kier alpha value is -1.46. The summed E-state index contributed by atoms with van der Waals surface area (Å²) in [7, 11) is 0. The maximum atomic E-state index is 12.0. The van der Waals surface area contributed by atoms with E-state index in [0.29, 0.717) is 24.5 Å². The molecule has 0 N–H and O–H groups in total. The zero-order valence-corrected chi connectivity index (χ0v) is 10.7. The molecule has 0 radical (unpaired) electrons. The minimum absolute atomic E-state index is 0.0622. The van der Waals surface area contributed by atoms with Gasteiger partial charge >= 0.3 is 0 Å². The summed E-state index contributed by atoms with van der Waals surface area (Å²) in [4.78, 5) is 13.7. The Bertz CT molecular complexity index is 405. The minimum atomic E-state index is 0.0622. The summed E-state index contributed by atoms with van der Waals surface area (Å²) >= 11 is 5.79. The SMILES string of the molecule is C#CCN(CCC)C(=O)Cc1ccc(Cl)cc1. The molecule has 1 aromatic carbocycles. The molecule has 3 heteroatoms. The molecular weight excluding hydrogens is 234 g/mol. The Morgan fingerprint density at radius 3 is 2.59 bits per heavy atom. The number of carbonyl (C=O) groups is 1. The molecule has 0 aliphatic rings. The van der Waals surface area contributed by atoms with Gasteiger partial charge in [-0.15, -0.1) is 6.42 Å². The molecule has 1 amide bonds. The van der Waals surface area contributed by atoms with Gasteiger partial charge in [0.2, 0.25) is 5.91 Å². The highest BCUT2D eigenvalue weighted by molar-refractivity contribution is 6.30. The maximum absolute atomic E-state index is 12.0. The van der Waals surface area contributed by atoms with Gasteiger partial charge in [0.15, 0.2) is 0 Å². The lowest BCUT2D eigenvalue weighted by atomic mass is 10.1. The number of hydrogen-bond acceptors (Lipinski definition) is 1. The van der Waals surface area contributed by atoms with Crippen LogP contribution in [-0.4, -0.2) is 23.9 Å². The first-order chi connectivity index (χ1) is 8.17. The van der Waals surface area contributed by atoms with E-state index in [1.165, 1.54) is 0 Å². The van der Waals surface area contributed by atoms with Crippen molar-refractivity contribution in [2.24, 2.45) is 0 Å². The van der Waals surface area contributed by atoms with Crippen molar-refractivity contribution in [3.8, 4) is 12.3 Å². The van der Waals surface area contributed by atoms with Crippen LogP contribution in [0, 0.1) is 12.3 Å². The highest BCUT2D eigenvalue weighted by atomic mass is 35.5.